The lowest BCUT2D eigenvalue weighted by Crippen LogP contribution is -2.06. The Bertz CT molecular complexity index is 649. The molecule has 0 unspecified atom stereocenters. The van der Waals surface area contributed by atoms with Crippen LogP contribution in [0.15, 0.2) is 18.2 Å². The van der Waals surface area contributed by atoms with E-state index in [0.29, 0.717) is 29.6 Å². The fourth-order valence-electron chi connectivity index (χ4n) is 1.98. The summed E-state index contributed by atoms with van der Waals surface area (Å²) in [6.45, 7) is 3.85. The molecule has 0 radical (unpaired) electrons. The van der Waals surface area contributed by atoms with Gasteiger partial charge in [0.15, 0.2) is 5.69 Å². The Balaban J connectivity index is 2.43. The van der Waals surface area contributed by atoms with Crippen LogP contribution < -0.4 is 9.47 Å². The number of benzene rings is 1. The molecule has 0 saturated carbocycles. The third kappa shape index (κ3) is 2.99. The number of hydrogen-bond donors (Lipinski definition) is 1. The van der Waals surface area contributed by atoms with Crippen LogP contribution >= 0.6 is 0 Å². The molecule has 2 aromatic rings. The standard InChI is InChI=1S/C15H18N2O4/c1-5-21-15(18)13-9(2)16-14(17-13)11-7-6-10(19-3)8-12(11)20-4/h6-8H,5H2,1-4H3,(H,16,17). The van der Waals surface area contributed by atoms with Crippen LogP contribution in [0.3, 0.4) is 0 Å². The molecule has 0 aliphatic carbocycles. The molecule has 0 aliphatic rings. The van der Waals surface area contributed by atoms with Gasteiger partial charge in [0.25, 0.3) is 0 Å². The molecule has 1 aromatic heterocycles. The van der Waals surface area contributed by atoms with E-state index >= 15 is 0 Å². The summed E-state index contributed by atoms with van der Waals surface area (Å²) in [6.07, 6.45) is 0. The zero-order valence-electron chi connectivity index (χ0n) is 12.5. The summed E-state index contributed by atoms with van der Waals surface area (Å²) in [5, 5.41) is 0. The van der Waals surface area contributed by atoms with Gasteiger partial charge in [0.05, 0.1) is 26.4 Å². The number of carbonyl (C=O) groups is 1. The van der Waals surface area contributed by atoms with Crippen molar-refractivity contribution in [3.63, 3.8) is 0 Å². The summed E-state index contributed by atoms with van der Waals surface area (Å²) in [5.74, 6) is 1.41. The van der Waals surface area contributed by atoms with Crippen molar-refractivity contribution in [2.75, 3.05) is 20.8 Å². The fourth-order valence-corrected chi connectivity index (χ4v) is 1.98. The highest BCUT2D eigenvalue weighted by atomic mass is 16.5. The highest BCUT2D eigenvalue weighted by molar-refractivity contribution is 5.89. The molecule has 0 atom stereocenters. The molecule has 0 spiro atoms. The maximum Gasteiger partial charge on any atom is 0.358 e. The number of nitrogens with zero attached hydrogens (tertiary/aromatic N) is 1. The van der Waals surface area contributed by atoms with Gasteiger partial charge in [-0.1, -0.05) is 0 Å². The summed E-state index contributed by atoms with van der Waals surface area (Å²) >= 11 is 0. The predicted octanol–water partition coefficient (Wildman–Crippen LogP) is 2.58. The van der Waals surface area contributed by atoms with Crippen molar-refractivity contribution in [3.8, 4) is 22.9 Å². The molecule has 1 aromatic carbocycles. The molecule has 6 heteroatoms. The largest absolute Gasteiger partial charge is 0.497 e. The van der Waals surface area contributed by atoms with Crippen LogP contribution in [0.2, 0.25) is 0 Å². The van der Waals surface area contributed by atoms with Gasteiger partial charge in [0, 0.05) is 11.8 Å². The Labute approximate surface area is 123 Å². The van der Waals surface area contributed by atoms with E-state index in [1.807, 2.05) is 6.07 Å². The Hall–Kier alpha value is -2.50. The number of aromatic nitrogens is 2. The van der Waals surface area contributed by atoms with Gasteiger partial charge < -0.3 is 19.2 Å². The van der Waals surface area contributed by atoms with Crippen molar-refractivity contribution in [3.05, 3.63) is 29.6 Å². The first-order chi connectivity index (χ1) is 10.1. The van der Waals surface area contributed by atoms with Crippen LogP contribution in [-0.2, 0) is 4.74 Å². The molecule has 1 heterocycles. The Kier molecular flexibility index (Phi) is 4.47. The molecule has 0 aliphatic heterocycles. The van der Waals surface area contributed by atoms with Gasteiger partial charge >= 0.3 is 5.97 Å². The van der Waals surface area contributed by atoms with Crippen molar-refractivity contribution in [2.45, 2.75) is 13.8 Å². The third-order valence-corrected chi connectivity index (χ3v) is 3.02. The van der Waals surface area contributed by atoms with Crippen LogP contribution in [0.25, 0.3) is 11.4 Å². The first-order valence-corrected chi connectivity index (χ1v) is 6.56. The van der Waals surface area contributed by atoms with Gasteiger partial charge in [0.1, 0.15) is 17.3 Å². The number of rotatable bonds is 5. The summed E-state index contributed by atoms with van der Waals surface area (Å²) in [5.41, 5.74) is 1.68. The molecule has 0 fully saturated rings. The van der Waals surface area contributed by atoms with E-state index in [9.17, 15) is 4.79 Å². The van der Waals surface area contributed by atoms with Gasteiger partial charge in [-0.3, -0.25) is 0 Å². The van der Waals surface area contributed by atoms with E-state index in [-0.39, 0.29) is 5.69 Å². The average molecular weight is 290 g/mol. The number of ether oxygens (including phenoxy) is 3. The Morgan fingerprint density at radius 2 is 2.05 bits per heavy atom. The zero-order chi connectivity index (χ0) is 15.4. The number of methoxy groups -OCH3 is 2. The molecule has 6 nitrogen and oxygen atoms in total. The fraction of sp³-hybridized carbons (Fsp3) is 0.333. The minimum atomic E-state index is -0.440. The van der Waals surface area contributed by atoms with Crippen LogP contribution in [0, 0.1) is 6.92 Å². The SMILES string of the molecule is CCOC(=O)c1nc(-c2ccc(OC)cc2OC)[nH]c1C. The van der Waals surface area contributed by atoms with Crippen molar-refractivity contribution in [1.82, 2.24) is 9.97 Å². The van der Waals surface area contributed by atoms with Crippen LogP contribution in [0.5, 0.6) is 11.5 Å². The second-order valence-corrected chi connectivity index (χ2v) is 4.35. The second kappa shape index (κ2) is 6.30. The normalized spacial score (nSPS) is 10.3. The van der Waals surface area contributed by atoms with E-state index in [2.05, 4.69) is 9.97 Å². The average Bonchev–Trinajstić information content (AvgIpc) is 2.88. The lowest BCUT2D eigenvalue weighted by atomic mass is 10.2. The summed E-state index contributed by atoms with van der Waals surface area (Å²) < 4.78 is 15.5. The topological polar surface area (TPSA) is 73.4 Å². The third-order valence-electron chi connectivity index (χ3n) is 3.02. The number of carbonyl (C=O) groups excluding carboxylic acids is 1. The number of imidazole rings is 1. The smallest absolute Gasteiger partial charge is 0.358 e. The van der Waals surface area contributed by atoms with Crippen molar-refractivity contribution >= 4 is 5.97 Å². The lowest BCUT2D eigenvalue weighted by molar-refractivity contribution is 0.0519. The molecule has 2 rings (SSSR count). The van der Waals surface area contributed by atoms with Crippen molar-refractivity contribution < 1.29 is 19.0 Å². The molecule has 1 N–H and O–H groups in total. The first kappa shape index (κ1) is 14.9. The van der Waals surface area contributed by atoms with E-state index in [1.165, 1.54) is 0 Å². The van der Waals surface area contributed by atoms with Crippen LogP contribution in [0.4, 0.5) is 0 Å². The van der Waals surface area contributed by atoms with E-state index in [0.717, 1.165) is 5.56 Å². The van der Waals surface area contributed by atoms with Gasteiger partial charge in [0.2, 0.25) is 0 Å². The van der Waals surface area contributed by atoms with E-state index in [1.54, 1.807) is 40.2 Å². The summed E-state index contributed by atoms with van der Waals surface area (Å²) in [7, 11) is 3.16. The molecule has 112 valence electrons. The maximum absolute atomic E-state index is 11.8. The molecule has 0 amide bonds. The number of esters is 1. The highest BCUT2D eigenvalue weighted by Gasteiger charge is 2.18. The summed E-state index contributed by atoms with van der Waals surface area (Å²) in [6, 6.07) is 5.39. The highest BCUT2D eigenvalue weighted by Crippen LogP contribution is 2.32. The van der Waals surface area contributed by atoms with Crippen LogP contribution in [-0.4, -0.2) is 36.8 Å². The maximum atomic E-state index is 11.8. The van der Waals surface area contributed by atoms with E-state index < -0.39 is 5.97 Å². The minimum Gasteiger partial charge on any atom is -0.497 e. The monoisotopic (exact) mass is 290 g/mol. The molecule has 0 bridgehead atoms. The van der Waals surface area contributed by atoms with Gasteiger partial charge in [-0.05, 0) is 26.0 Å². The number of aromatic amines is 1. The Morgan fingerprint density at radius 3 is 2.67 bits per heavy atom. The number of hydrogen-bond acceptors (Lipinski definition) is 5. The minimum absolute atomic E-state index is 0.282. The van der Waals surface area contributed by atoms with Crippen molar-refractivity contribution in [1.29, 1.82) is 0 Å². The first-order valence-electron chi connectivity index (χ1n) is 6.56. The molecule has 0 saturated heterocycles. The summed E-state index contributed by atoms with van der Waals surface area (Å²) in [4.78, 5) is 19.2. The lowest BCUT2D eigenvalue weighted by Gasteiger charge is -2.08. The molecular formula is C15H18N2O4. The van der Waals surface area contributed by atoms with Gasteiger partial charge in [-0.25, -0.2) is 9.78 Å². The number of nitrogens with one attached hydrogen (secondary N) is 1. The van der Waals surface area contributed by atoms with Crippen LogP contribution in [0.1, 0.15) is 23.1 Å². The second-order valence-electron chi connectivity index (χ2n) is 4.35. The van der Waals surface area contributed by atoms with Gasteiger partial charge in [-0.15, -0.1) is 0 Å². The van der Waals surface area contributed by atoms with Gasteiger partial charge in [-0.2, -0.15) is 0 Å². The van der Waals surface area contributed by atoms with Crippen molar-refractivity contribution in [2.24, 2.45) is 0 Å². The predicted molar refractivity (Wildman–Crippen MR) is 77.8 cm³/mol. The number of H-pyrrole nitrogens is 1. The quantitative estimate of drug-likeness (QED) is 0.857. The number of aryl methyl sites for hydroxylation is 1. The molecular weight excluding hydrogens is 272 g/mol. The zero-order valence-corrected chi connectivity index (χ0v) is 12.5. The molecule has 21 heavy (non-hydrogen) atoms. The Morgan fingerprint density at radius 1 is 1.29 bits per heavy atom. The van der Waals surface area contributed by atoms with E-state index in [4.69, 9.17) is 14.2 Å².